The number of esters is 2. The van der Waals surface area contributed by atoms with Crippen molar-refractivity contribution in [1.82, 2.24) is 36.4 Å². The first-order valence-corrected chi connectivity index (χ1v) is 24.2. The van der Waals surface area contributed by atoms with E-state index in [0.29, 0.717) is 31.2 Å². The molecule has 2 saturated heterocycles. The second-order valence-electron chi connectivity index (χ2n) is 17.4. The summed E-state index contributed by atoms with van der Waals surface area (Å²) in [6.45, 7) is 3.04. The predicted octanol–water partition coefficient (Wildman–Crippen LogP) is 1.24. The van der Waals surface area contributed by atoms with Gasteiger partial charge >= 0.3 is 17.9 Å². The van der Waals surface area contributed by atoms with Crippen molar-refractivity contribution in [2.45, 2.75) is 140 Å². The number of carboxylic acid groups (broad SMARTS) is 1. The van der Waals surface area contributed by atoms with E-state index in [1.54, 1.807) is 48.5 Å². The molecule has 24 nitrogen and oxygen atoms in total. The third-order valence-corrected chi connectivity index (χ3v) is 12.0. The molecule has 72 heavy (non-hydrogen) atoms. The maximum Gasteiger partial charge on any atom is 0.338 e. The van der Waals surface area contributed by atoms with E-state index in [4.69, 9.17) is 20.3 Å². The van der Waals surface area contributed by atoms with Gasteiger partial charge in [0, 0.05) is 32.5 Å². The lowest BCUT2D eigenvalue weighted by molar-refractivity contribution is -0.485. The van der Waals surface area contributed by atoms with Gasteiger partial charge < -0.3 is 56.7 Å². The number of likely N-dealkylation sites (tertiary alicyclic amines) is 2. The maximum absolute atomic E-state index is 14.6. The van der Waals surface area contributed by atoms with Crippen LogP contribution in [0.1, 0.15) is 113 Å². The quantitative estimate of drug-likeness (QED) is 0.0157. The molecule has 2 aliphatic heterocycles. The average molecular weight is 1010 g/mol. The number of guanidine groups is 1. The fourth-order valence-corrected chi connectivity index (χ4v) is 8.26. The van der Waals surface area contributed by atoms with Crippen LogP contribution in [0, 0.1) is 10.1 Å². The monoisotopic (exact) mass is 1010 g/mol. The van der Waals surface area contributed by atoms with Crippen LogP contribution in [-0.4, -0.2) is 142 Å². The highest BCUT2D eigenvalue weighted by molar-refractivity contribution is 5.97. The number of hydrogen-bond acceptors (Lipinski definition) is 13. The van der Waals surface area contributed by atoms with Gasteiger partial charge in [0.15, 0.2) is 5.03 Å². The molecule has 2 heterocycles. The van der Waals surface area contributed by atoms with Gasteiger partial charge in [0.1, 0.15) is 48.0 Å². The van der Waals surface area contributed by atoms with Crippen molar-refractivity contribution in [3.05, 3.63) is 81.9 Å². The molecule has 24 heteroatoms. The number of benzene rings is 2. The molecule has 2 fully saturated rings. The molecule has 0 bridgehead atoms. The minimum absolute atomic E-state index is 0.0281. The Kier molecular flexibility index (Phi) is 23.3. The standard InChI is InChI=1S/C48H66N10O14/c1-3-4-7-20-34(52-43(64)41(31(2)72-46(67)33-18-10-6-11-19-33)54-39(60)29-51-38(59)24-12-25-40(61)62)44(65)57-28-15-23-37(57)45(66)56-27-14-22-36(56)42(63)53-35(21-13-26-50-48(49)55-58(69)70)47(68)71-30-32-16-8-5-9-17-32/h5-6,8-11,16-19,31,34-37,41H,3-4,7,12-15,20-30H2,1-2H3,(H,51,59)(H,52,64)(H,53,63)(H,54,60)(H,61,62)(H3,49,50,55). The normalized spacial score (nSPS) is 17.1. The number of amides is 6. The number of aliphatic carboxylic acids is 1. The van der Waals surface area contributed by atoms with Gasteiger partial charge in [0.05, 0.1) is 12.1 Å². The summed E-state index contributed by atoms with van der Waals surface area (Å²) in [6, 6.07) is 10.8. The fraction of sp³-hybridized carbons (Fsp3) is 0.542. The maximum atomic E-state index is 14.6. The van der Waals surface area contributed by atoms with E-state index in [2.05, 4.69) is 31.7 Å². The van der Waals surface area contributed by atoms with Crippen molar-refractivity contribution in [3.63, 3.8) is 0 Å². The van der Waals surface area contributed by atoms with Crippen LogP contribution in [0.5, 0.6) is 0 Å². The Labute approximate surface area is 416 Å². The fourth-order valence-electron chi connectivity index (χ4n) is 8.26. The zero-order chi connectivity index (χ0) is 52.6. The third-order valence-electron chi connectivity index (χ3n) is 12.0. The first-order chi connectivity index (χ1) is 34.5. The van der Waals surface area contributed by atoms with Crippen molar-refractivity contribution < 1.29 is 62.8 Å². The third kappa shape index (κ3) is 18.6. The Morgan fingerprint density at radius 2 is 1.46 bits per heavy atom. The van der Waals surface area contributed by atoms with E-state index in [0.717, 1.165) is 6.42 Å². The molecule has 4 rings (SSSR count). The van der Waals surface area contributed by atoms with Crippen molar-refractivity contribution >= 4 is 59.3 Å². The van der Waals surface area contributed by atoms with E-state index in [1.165, 1.54) is 28.9 Å². The summed E-state index contributed by atoms with van der Waals surface area (Å²) < 4.78 is 11.2. The van der Waals surface area contributed by atoms with E-state index >= 15 is 0 Å². The highest BCUT2D eigenvalue weighted by Crippen LogP contribution is 2.27. The molecule has 0 saturated carbocycles. The second kappa shape index (κ2) is 29.5. The molecule has 6 atom stereocenters. The summed E-state index contributed by atoms with van der Waals surface area (Å²) in [5.41, 5.74) is 6.39. The molecule has 2 aromatic carbocycles. The summed E-state index contributed by atoms with van der Waals surface area (Å²) in [7, 11) is 0. The van der Waals surface area contributed by atoms with Crippen molar-refractivity contribution in [3.8, 4) is 0 Å². The zero-order valence-corrected chi connectivity index (χ0v) is 40.6. The van der Waals surface area contributed by atoms with Gasteiger partial charge in [-0.1, -0.05) is 74.7 Å². The molecule has 8 N–H and O–H groups in total. The van der Waals surface area contributed by atoms with Crippen LogP contribution >= 0.6 is 0 Å². The number of unbranched alkanes of at least 4 members (excludes halogenated alkanes) is 2. The smallest absolute Gasteiger partial charge is 0.338 e. The number of carbonyl (C=O) groups excluding carboxylic acids is 8. The van der Waals surface area contributed by atoms with Crippen LogP contribution in [0.3, 0.4) is 0 Å². The number of hydrogen-bond donors (Lipinski definition) is 7. The predicted molar refractivity (Wildman–Crippen MR) is 257 cm³/mol. The highest BCUT2D eigenvalue weighted by atomic mass is 16.7. The lowest BCUT2D eigenvalue weighted by Crippen LogP contribution is -2.60. The average Bonchev–Trinajstić information content (AvgIpc) is 4.06. The lowest BCUT2D eigenvalue weighted by atomic mass is 10.0. The van der Waals surface area contributed by atoms with Gasteiger partial charge in [-0.2, -0.15) is 0 Å². The number of nitro groups is 1. The molecule has 6 amide bonds. The minimum atomic E-state index is -1.58. The number of nitrogens with zero attached hydrogens (tertiary/aromatic N) is 4. The number of carboxylic acids is 1. The molecular formula is C48H66N10O14. The molecule has 0 radical (unpaired) electrons. The second-order valence-corrected chi connectivity index (χ2v) is 17.4. The van der Waals surface area contributed by atoms with Crippen LogP contribution in [0.2, 0.25) is 0 Å². The van der Waals surface area contributed by atoms with Gasteiger partial charge in [0.2, 0.25) is 35.4 Å². The van der Waals surface area contributed by atoms with E-state index < -0.39 is 107 Å². The molecule has 0 aromatic heterocycles. The van der Waals surface area contributed by atoms with Crippen LogP contribution in [-0.2, 0) is 54.4 Å². The van der Waals surface area contributed by atoms with Gasteiger partial charge in [0.25, 0.3) is 5.96 Å². The summed E-state index contributed by atoms with van der Waals surface area (Å²) in [4.78, 5) is 134. The van der Waals surface area contributed by atoms with Crippen molar-refractivity contribution in [2.24, 2.45) is 10.8 Å². The minimum Gasteiger partial charge on any atom is -0.481 e. The molecule has 392 valence electrons. The molecule has 0 spiro atoms. The molecule has 2 aromatic rings. The highest BCUT2D eigenvalue weighted by Gasteiger charge is 2.44. The Hall–Kier alpha value is -7.66. The van der Waals surface area contributed by atoms with Gasteiger partial charge in [-0.05, 0) is 76.0 Å². The van der Waals surface area contributed by atoms with Crippen molar-refractivity contribution in [1.29, 1.82) is 0 Å². The molecule has 0 aliphatic carbocycles. The summed E-state index contributed by atoms with van der Waals surface area (Å²) >= 11 is 0. The van der Waals surface area contributed by atoms with E-state index in [9.17, 15) is 53.3 Å². The number of carbonyl (C=O) groups is 9. The Morgan fingerprint density at radius 3 is 2.12 bits per heavy atom. The van der Waals surface area contributed by atoms with Crippen LogP contribution in [0.4, 0.5) is 0 Å². The summed E-state index contributed by atoms with van der Waals surface area (Å²) in [5, 5.41) is 34.5. The number of rotatable bonds is 28. The lowest BCUT2D eigenvalue weighted by Gasteiger charge is -2.34. The SMILES string of the molecule is CCCCCC(NC(=O)C(NC(=O)CNC(=O)CCCC(=O)O)C(C)OC(=O)c1ccccc1)C(=O)N1CCCC1C(=O)N1CCCC1C(=O)NC(CCCNC(N)=N[N+](=O)[O-])C(=O)OCc1ccccc1. The zero-order valence-electron chi connectivity index (χ0n) is 40.6. The largest absolute Gasteiger partial charge is 0.481 e. The Morgan fingerprint density at radius 1 is 0.806 bits per heavy atom. The number of nitrogens with one attached hydrogen (secondary N) is 5. The molecule has 6 unspecified atom stereocenters. The van der Waals surface area contributed by atoms with Gasteiger partial charge in [-0.25, -0.2) is 19.7 Å². The topological polar surface area (TPSA) is 340 Å². The van der Waals surface area contributed by atoms with Gasteiger partial charge in [-0.15, -0.1) is 0 Å². The van der Waals surface area contributed by atoms with Crippen LogP contribution in [0.15, 0.2) is 65.8 Å². The van der Waals surface area contributed by atoms with Crippen LogP contribution < -0.4 is 32.3 Å². The van der Waals surface area contributed by atoms with Crippen molar-refractivity contribution in [2.75, 3.05) is 26.2 Å². The first kappa shape index (κ1) is 56.9. The van der Waals surface area contributed by atoms with E-state index in [-0.39, 0.29) is 83.2 Å². The number of nitrogens with two attached hydrogens (primary N) is 1. The van der Waals surface area contributed by atoms with Crippen LogP contribution in [0.25, 0.3) is 0 Å². The molecule has 2 aliphatic rings. The summed E-state index contributed by atoms with van der Waals surface area (Å²) in [6.07, 6.45) is 1.98. The van der Waals surface area contributed by atoms with E-state index in [1.807, 2.05) is 6.92 Å². The Bertz CT molecular complexity index is 2230. The first-order valence-electron chi connectivity index (χ1n) is 24.2. The molecular weight excluding hydrogens is 941 g/mol. The number of ether oxygens (including phenoxy) is 2. The number of hydrazone groups is 1. The summed E-state index contributed by atoms with van der Waals surface area (Å²) in [5.74, 6) is -7.13. The van der Waals surface area contributed by atoms with Gasteiger partial charge in [-0.3, -0.25) is 33.6 Å². The Balaban J connectivity index is 1.50.